The summed E-state index contributed by atoms with van der Waals surface area (Å²) in [4.78, 5) is 2.09. The van der Waals surface area contributed by atoms with E-state index in [4.69, 9.17) is 11.6 Å². The molecule has 1 aromatic rings. The van der Waals surface area contributed by atoms with E-state index in [2.05, 4.69) is 4.90 Å². The largest absolute Gasteiger partial charge is 0.417 e. The van der Waals surface area contributed by atoms with Gasteiger partial charge in [0.1, 0.15) is 0 Å². The second-order valence-corrected chi connectivity index (χ2v) is 6.26. The van der Waals surface area contributed by atoms with Crippen LogP contribution in [0, 0.1) is 5.92 Å². The molecule has 0 aromatic heterocycles. The molecule has 0 bridgehead atoms. The smallest absolute Gasteiger partial charge is 0.380 e. The predicted octanol–water partition coefficient (Wildman–Crippen LogP) is 3.87. The van der Waals surface area contributed by atoms with Gasteiger partial charge in [0.15, 0.2) is 5.60 Å². The fourth-order valence-corrected chi connectivity index (χ4v) is 2.99. The molecule has 2 rings (SSSR count). The predicted molar refractivity (Wildman–Crippen MR) is 76.1 cm³/mol. The Morgan fingerprint density at radius 2 is 1.90 bits per heavy atom. The van der Waals surface area contributed by atoms with Crippen LogP contribution in [0.1, 0.15) is 25.3 Å². The number of halogens is 4. The molecule has 1 aliphatic rings. The van der Waals surface area contributed by atoms with Gasteiger partial charge < -0.3 is 5.11 Å². The van der Waals surface area contributed by atoms with Crippen molar-refractivity contribution in [3.05, 3.63) is 34.9 Å². The Kier molecular flexibility index (Phi) is 4.85. The summed E-state index contributed by atoms with van der Waals surface area (Å²) in [6.45, 7) is 2.64. The van der Waals surface area contributed by atoms with E-state index in [1.165, 1.54) is 0 Å². The Balaban J connectivity index is 1.92. The van der Waals surface area contributed by atoms with E-state index in [0.717, 1.165) is 12.5 Å². The second-order valence-electron chi connectivity index (χ2n) is 5.83. The summed E-state index contributed by atoms with van der Waals surface area (Å²) >= 11 is 5.92. The number of benzene rings is 1. The molecule has 1 aromatic carbocycles. The van der Waals surface area contributed by atoms with Crippen LogP contribution in [0.2, 0.25) is 5.02 Å². The zero-order valence-electron chi connectivity index (χ0n) is 11.8. The minimum Gasteiger partial charge on any atom is -0.380 e. The van der Waals surface area contributed by atoms with Crippen LogP contribution < -0.4 is 0 Å². The molecule has 0 aliphatic carbocycles. The zero-order chi connectivity index (χ0) is 15.7. The lowest BCUT2D eigenvalue weighted by atomic mass is 9.81. The van der Waals surface area contributed by atoms with Crippen LogP contribution in [0.5, 0.6) is 0 Å². The van der Waals surface area contributed by atoms with Gasteiger partial charge in [0.05, 0.1) is 0 Å². The summed E-state index contributed by atoms with van der Waals surface area (Å²) in [5.74, 6) is -0.742. The van der Waals surface area contributed by atoms with E-state index >= 15 is 0 Å². The third-order valence-corrected chi connectivity index (χ3v) is 4.49. The molecule has 1 atom stereocenters. The number of aliphatic hydroxyl groups is 1. The first-order valence-corrected chi connectivity index (χ1v) is 7.34. The molecule has 21 heavy (non-hydrogen) atoms. The summed E-state index contributed by atoms with van der Waals surface area (Å²) < 4.78 is 38.5. The molecule has 1 unspecified atom stereocenters. The summed E-state index contributed by atoms with van der Waals surface area (Å²) in [5.41, 5.74) is -1.56. The number of hydrogen-bond acceptors (Lipinski definition) is 2. The van der Waals surface area contributed by atoms with E-state index in [1.807, 2.05) is 18.2 Å². The highest BCUT2D eigenvalue weighted by Gasteiger charge is 2.54. The van der Waals surface area contributed by atoms with Gasteiger partial charge in [-0.1, -0.05) is 23.7 Å². The highest BCUT2D eigenvalue weighted by atomic mass is 35.5. The first-order chi connectivity index (χ1) is 9.70. The molecule has 1 heterocycles. The molecule has 0 radical (unpaired) electrons. The van der Waals surface area contributed by atoms with Gasteiger partial charge in [-0.05, 0) is 56.5 Å². The molecule has 1 aliphatic heterocycles. The summed E-state index contributed by atoms with van der Waals surface area (Å²) in [7, 11) is 0. The van der Waals surface area contributed by atoms with E-state index in [9.17, 15) is 18.3 Å². The zero-order valence-corrected chi connectivity index (χ0v) is 12.6. The van der Waals surface area contributed by atoms with E-state index in [0.29, 0.717) is 37.5 Å². The molecule has 1 N–H and O–H groups in total. The Bertz CT molecular complexity index is 482. The number of likely N-dealkylation sites (tertiary alicyclic amines) is 1. The van der Waals surface area contributed by atoms with Crippen molar-refractivity contribution in [2.24, 2.45) is 5.92 Å². The number of rotatable bonds is 3. The van der Waals surface area contributed by atoms with E-state index in [1.54, 1.807) is 6.07 Å². The molecule has 0 spiro atoms. The van der Waals surface area contributed by atoms with Crippen molar-refractivity contribution in [1.29, 1.82) is 0 Å². The van der Waals surface area contributed by atoms with Gasteiger partial charge in [-0.3, -0.25) is 4.90 Å². The van der Waals surface area contributed by atoms with Gasteiger partial charge in [-0.25, -0.2) is 0 Å². The molecule has 6 heteroatoms. The minimum absolute atomic E-state index is 0.340. The highest BCUT2D eigenvalue weighted by molar-refractivity contribution is 6.30. The lowest BCUT2D eigenvalue weighted by Crippen LogP contribution is -2.52. The van der Waals surface area contributed by atoms with Gasteiger partial charge >= 0.3 is 6.18 Å². The monoisotopic (exact) mass is 321 g/mol. The Hall–Kier alpha value is -0.780. The van der Waals surface area contributed by atoms with Crippen LogP contribution >= 0.6 is 11.6 Å². The van der Waals surface area contributed by atoms with Crippen molar-refractivity contribution >= 4 is 11.6 Å². The van der Waals surface area contributed by atoms with Crippen molar-refractivity contribution in [3.63, 3.8) is 0 Å². The molecular weight excluding hydrogens is 303 g/mol. The van der Waals surface area contributed by atoms with Crippen LogP contribution in [0.25, 0.3) is 0 Å². The maximum absolute atomic E-state index is 12.8. The molecular formula is C15H19ClF3NO. The quantitative estimate of drug-likeness (QED) is 0.913. The highest BCUT2D eigenvalue weighted by Crippen LogP contribution is 2.40. The first-order valence-electron chi connectivity index (χ1n) is 6.96. The van der Waals surface area contributed by atoms with Crippen LogP contribution in [0.3, 0.4) is 0 Å². The van der Waals surface area contributed by atoms with Gasteiger partial charge in [0, 0.05) is 11.6 Å². The van der Waals surface area contributed by atoms with Gasteiger partial charge in [0.25, 0.3) is 0 Å². The number of hydrogen-bond donors (Lipinski definition) is 1. The molecule has 118 valence electrons. The number of nitrogens with zero attached hydrogens (tertiary/aromatic N) is 1. The van der Waals surface area contributed by atoms with Gasteiger partial charge in [-0.2, -0.15) is 13.2 Å². The van der Waals surface area contributed by atoms with Crippen molar-refractivity contribution in [3.8, 4) is 0 Å². The van der Waals surface area contributed by atoms with E-state index < -0.39 is 17.7 Å². The fraction of sp³-hybridized carbons (Fsp3) is 0.600. The SMILES string of the molecule is CC(O)(C1CCN(Cc2cccc(Cl)c2)CC1)C(F)(F)F. The third kappa shape index (κ3) is 3.90. The number of alkyl halides is 3. The van der Waals surface area contributed by atoms with Crippen molar-refractivity contribution in [1.82, 2.24) is 4.90 Å². The standard InChI is InChI=1S/C15H19ClF3NO/c1-14(21,15(17,18)19)12-5-7-20(8-6-12)10-11-3-2-4-13(16)9-11/h2-4,9,12,21H,5-8,10H2,1H3. The lowest BCUT2D eigenvalue weighted by Gasteiger charge is -2.40. The Morgan fingerprint density at radius 3 is 2.43 bits per heavy atom. The first kappa shape index (κ1) is 16.6. The summed E-state index contributed by atoms with van der Waals surface area (Å²) in [5, 5.41) is 10.4. The van der Waals surface area contributed by atoms with Gasteiger partial charge in [-0.15, -0.1) is 0 Å². The Labute approximate surface area is 127 Å². The third-order valence-electron chi connectivity index (χ3n) is 4.25. The van der Waals surface area contributed by atoms with Crippen LogP contribution in [-0.4, -0.2) is 34.9 Å². The average Bonchev–Trinajstić information content (AvgIpc) is 2.38. The van der Waals surface area contributed by atoms with Crippen molar-refractivity contribution in [2.45, 2.75) is 38.1 Å². The molecule has 0 amide bonds. The molecule has 1 saturated heterocycles. The lowest BCUT2D eigenvalue weighted by molar-refractivity contribution is -0.275. The van der Waals surface area contributed by atoms with Crippen LogP contribution in [0.4, 0.5) is 13.2 Å². The molecule has 1 fully saturated rings. The van der Waals surface area contributed by atoms with Crippen molar-refractivity contribution in [2.75, 3.05) is 13.1 Å². The number of piperidine rings is 1. The van der Waals surface area contributed by atoms with Crippen LogP contribution in [0.15, 0.2) is 24.3 Å². The summed E-state index contributed by atoms with van der Waals surface area (Å²) in [6.07, 6.45) is -3.90. The van der Waals surface area contributed by atoms with E-state index in [-0.39, 0.29) is 0 Å². The fourth-order valence-electron chi connectivity index (χ4n) is 2.78. The van der Waals surface area contributed by atoms with Crippen molar-refractivity contribution < 1.29 is 18.3 Å². The maximum atomic E-state index is 12.8. The topological polar surface area (TPSA) is 23.5 Å². The Morgan fingerprint density at radius 1 is 1.29 bits per heavy atom. The summed E-state index contributed by atoms with van der Waals surface area (Å²) in [6, 6.07) is 7.46. The molecule has 2 nitrogen and oxygen atoms in total. The average molecular weight is 322 g/mol. The molecule has 0 saturated carbocycles. The minimum atomic E-state index is -4.58. The normalized spacial score (nSPS) is 21.2. The maximum Gasteiger partial charge on any atom is 0.417 e. The van der Waals surface area contributed by atoms with Crippen LogP contribution in [-0.2, 0) is 6.54 Å². The second kappa shape index (κ2) is 6.15. The van der Waals surface area contributed by atoms with Gasteiger partial charge in [0.2, 0.25) is 0 Å².